The molecule has 0 saturated carbocycles. The third kappa shape index (κ3) is 3.18. The standard InChI is InChI=1S/C19H20ClN3O3/c1-25-17-5-3-2-4-15(17)22-10-8-21(9-11-22)13-23-16-7-6-14(20)12-18(16)26-19(23)24/h2-7,12H,8-11,13H2,1H3. The second-order valence-corrected chi connectivity index (χ2v) is 6.76. The molecule has 0 aliphatic carbocycles. The summed E-state index contributed by atoms with van der Waals surface area (Å²) in [6.45, 7) is 3.95. The van der Waals surface area contributed by atoms with E-state index in [-0.39, 0.29) is 5.76 Å². The van der Waals surface area contributed by atoms with Crippen LogP contribution in [0.2, 0.25) is 5.02 Å². The lowest BCUT2D eigenvalue weighted by Crippen LogP contribution is -2.47. The molecule has 6 nitrogen and oxygen atoms in total. The van der Waals surface area contributed by atoms with Crippen molar-refractivity contribution in [2.75, 3.05) is 38.2 Å². The molecule has 26 heavy (non-hydrogen) atoms. The van der Waals surface area contributed by atoms with Crippen molar-refractivity contribution in [3.05, 3.63) is 58.0 Å². The lowest BCUT2D eigenvalue weighted by molar-refractivity contribution is 0.201. The van der Waals surface area contributed by atoms with E-state index < -0.39 is 0 Å². The van der Waals surface area contributed by atoms with Crippen LogP contribution < -0.4 is 15.4 Å². The molecule has 0 bridgehead atoms. The maximum Gasteiger partial charge on any atom is 0.421 e. The van der Waals surface area contributed by atoms with Gasteiger partial charge in [-0.25, -0.2) is 4.79 Å². The van der Waals surface area contributed by atoms with Gasteiger partial charge in [0.25, 0.3) is 0 Å². The number of hydrogen-bond acceptors (Lipinski definition) is 5. The highest BCUT2D eigenvalue weighted by Crippen LogP contribution is 2.28. The molecule has 0 spiro atoms. The fraction of sp³-hybridized carbons (Fsp3) is 0.316. The number of halogens is 1. The quantitative estimate of drug-likeness (QED) is 0.703. The lowest BCUT2D eigenvalue weighted by Gasteiger charge is -2.36. The number of piperazine rings is 1. The molecule has 3 aromatic rings. The minimum atomic E-state index is -0.352. The molecule has 1 aliphatic heterocycles. The normalized spacial score (nSPS) is 15.5. The molecule has 0 N–H and O–H groups in total. The molecule has 0 radical (unpaired) electrons. The number of methoxy groups -OCH3 is 1. The summed E-state index contributed by atoms with van der Waals surface area (Å²) in [6.07, 6.45) is 0. The summed E-state index contributed by atoms with van der Waals surface area (Å²) in [5.74, 6) is 0.532. The van der Waals surface area contributed by atoms with E-state index in [2.05, 4.69) is 15.9 Å². The van der Waals surface area contributed by atoms with E-state index in [9.17, 15) is 4.79 Å². The van der Waals surface area contributed by atoms with E-state index in [0.29, 0.717) is 17.3 Å². The minimum absolute atomic E-state index is 0.352. The second-order valence-electron chi connectivity index (χ2n) is 6.33. The number of fused-ring (bicyclic) bond motifs is 1. The van der Waals surface area contributed by atoms with Crippen LogP contribution in [0, 0.1) is 0 Å². The fourth-order valence-electron chi connectivity index (χ4n) is 3.40. The van der Waals surface area contributed by atoms with Crippen molar-refractivity contribution < 1.29 is 9.15 Å². The summed E-state index contributed by atoms with van der Waals surface area (Å²) in [6, 6.07) is 13.3. The predicted molar refractivity (Wildman–Crippen MR) is 102 cm³/mol. The lowest BCUT2D eigenvalue weighted by atomic mass is 10.2. The molecular formula is C19H20ClN3O3. The number of nitrogens with zero attached hydrogens (tertiary/aromatic N) is 3. The first kappa shape index (κ1) is 17.0. The molecule has 4 rings (SSSR count). The number of benzene rings is 2. The van der Waals surface area contributed by atoms with Crippen molar-refractivity contribution >= 4 is 28.4 Å². The topological polar surface area (TPSA) is 50.9 Å². The Kier molecular flexibility index (Phi) is 4.61. The molecule has 2 aromatic carbocycles. The van der Waals surface area contributed by atoms with Gasteiger partial charge in [-0.3, -0.25) is 9.47 Å². The molecule has 0 amide bonds. The van der Waals surface area contributed by atoms with Gasteiger partial charge in [-0.2, -0.15) is 0 Å². The number of ether oxygens (including phenoxy) is 1. The SMILES string of the molecule is COc1ccccc1N1CCN(Cn2c(=O)oc3cc(Cl)ccc32)CC1. The third-order valence-electron chi connectivity index (χ3n) is 4.77. The number of rotatable bonds is 4. The highest BCUT2D eigenvalue weighted by Gasteiger charge is 2.21. The fourth-order valence-corrected chi connectivity index (χ4v) is 3.56. The van der Waals surface area contributed by atoms with Crippen LogP contribution in [0.5, 0.6) is 5.75 Å². The van der Waals surface area contributed by atoms with Crippen LogP contribution in [0.4, 0.5) is 5.69 Å². The molecule has 1 saturated heterocycles. The first-order valence-electron chi connectivity index (χ1n) is 8.55. The summed E-state index contributed by atoms with van der Waals surface area (Å²) in [5, 5.41) is 0.559. The molecule has 1 aromatic heterocycles. The van der Waals surface area contributed by atoms with Crippen LogP contribution in [0.15, 0.2) is 51.7 Å². The van der Waals surface area contributed by atoms with Crippen LogP contribution in [-0.2, 0) is 6.67 Å². The van der Waals surface area contributed by atoms with Crippen molar-refractivity contribution in [2.24, 2.45) is 0 Å². The molecule has 136 valence electrons. The Morgan fingerprint density at radius 2 is 1.88 bits per heavy atom. The van der Waals surface area contributed by atoms with Crippen LogP contribution in [0.3, 0.4) is 0 Å². The third-order valence-corrected chi connectivity index (χ3v) is 5.00. The molecule has 1 aliphatic rings. The Bertz CT molecular complexity index is 974. The van der Waals surface area contributed by atoms with Crippen LogP contribution >= 0.6 is 11.6 Å². The van der Waals surface area contributed by atoms with Crippen LogP contribution in [0.1, 0.15) is 0 Å². The Morgan fingerprint density at radius 1 is 1.12 bits per heavy atom. The number of aromatic nitrogens is 1. The highest BCUT2D eigenvalue weighted by atomic mass is 35.5. The molecular weight excluding hydrogens is 354 g/mol. The Balaban J connectivity index is 1.48. The predicted octanol–water partition coefficient (Wildman–Crippen LogP) is 3.04. The number of anilines is 1. The van der Waals surface area contributed by atoms with E-state index >= 15 is 0 Å². The maximum absolute atomic E-state index is 12.2. The van der Waals surface area contributed by atoms with Gasteiger partial charge in [-0.05, 0) is 24.3 Å². The first-order chi connectivity index (χ1) is 12.7. The average Bonchev–Trinajstić information content (AvgIpc) is 2.96. The zero-order valence-electron chi connectivity index (χ0n) is 14.5. The molecule has 0 unspecified atom stereocenters. The molecule has 2 heterocycles. The largest absolute Gasteiger partial charge is 0.495 e. The molecule has 0 atom stereocenters. The van der Waals surface area contributed by atoms with Crippen LogP contribution in [-0.4, -0.2) is 42.8 Å². The smallest absolute Gasteiger partial charge is 0.421 e. The summed E-state index contributed by atoms with van der Waals surface area (Å²) in [5.41, 5.74) is 2.40. The maximum atomic E-state index is 12.2. The Hall–Kier alpha value is -2.44. The highest BCUT2D eigenvalue weighted by molar-refractivity contribution is 6.31. The number of hydrogen-bond donors (Lipinski definition) is 0. The average molecular weight is 374 g/mol. The zero-order chi connectivity index (χ0) is 18.1. The van der Waals surface area contributed by atoms with E-state index in [0.717, 1.165) is 43.1 Å². The monoisotopic (exact) mass is 373 g/mol. The van der Waals surface area contributed by atoms with Gasteiger partial charge in [0.1, 0.15) is 5.75 Å². The van der Waals surface area contributed by atoms with Crippen molar-refractivity contribution in [3.8, 4) is 5.75 Å². The summed E-state index contributed by atoms with van der Waals surface area (Å²) >= 11 is 5.97. The summed E-state index contributed by atoms with van der Waals surface area (Å²) in [4.78, 5) is 16.8. The van der Waals surface area contributed by atoms with E-state index in [1.54, 1.807) is 23.8 Å². The van der Waals surface area contributed by atoms with Gasteiger partial charge >= 0.3 is 5.76 Å². The first-order valence-corrected chi connectivity index (χ1v) is 8.93. The molecule has 7 heteroatoms. The number of oxazole rings is 1. The number of para-hydroxylation sites is 2. The van der Waals surface area contributed by atoms with Crippen molar-refractivity contribution in [1.29, 1.82) is 0 Å². The van der Waals surface area contributed by atoms with Gasteiger partial charge in [0, 0.05) is 37.3 Å². The second kappa shape index (κ2) is 7.05. The summed E-state index contributed by atoms with van der Waals surface area (Å²) in [7, 11) is 1.69. The minimum Gasteiger partial charge on any atom is -0.495 e. The van der Waals surface area contributed by atoms with Gasteiger partial charge in [-0.15, -0.1) is 0 Å². The Morgan fingerprint density at radius 3 is 2.65 bits per heavy atom. The van der Waals surface area contributed by atoms with Crippen molar-refractivity contribution in [3.63, 3.8) is 0 Å². The van der Waals surface area contributed by atoms with Crippen molar-refractivity contribution in [1.82, 2.24) is 9.47 Å². The zero-order valence-corrected chi connectivity index (χ0v) is 15.3. The van der Waals surface area contributed by atoms with Gasteiger partial charge in [0.15, 0.2) is 5.58 Å². The van der Waals surface area contributed by atoms with Gasteiger partial charge in [0.2, 0.25) is 0 Å². The van der Waals surface area contributed by atoms with Gasteiger partial charge in [-0.1, -0.05) is 23.7 Å². The Labute approximate surface area is 156 Å². The van der Waals surface area contributed by atoms with Gasteiger partial charge in [0.05, 0.1) is 25.0 Å². The summed E-state index contributed by atoms with van der Waals surface area (Å²) < 4.78 is 12.4. The van der Waals surface area contributed by atoms with Gasteiger partial charge < -0.3 is 14.1 Å². The van der Waals surface area contributed by atoms with E-state index in [4.69, 9.17) is 20.8 Å². The van der Waals surface area contributed by atoms with Crippen molar-refractivity contribution in [2.45, 2.75) is 6.67 Å². The molecule has 1 fully saturated rings. The van der Waals surface area contributed by atoms with E-state index in [1.807, 2.05) is 24.3 Å². The van der Waals surface area contributed by atoms with E-state index in [1.165, 1.54) is 0 Å². The van der Waals surface area contributed by atoms with Crippen LogP contribution in [0.25, 0.3) is 11.1 Å².